The van der Waals surface area contributed by atoms with Crippen molar-refractivity contribution < 1.29 is 22.7 Å². The number of alkyl halides is 3. The summed E-state index contributed by atoms with van der Waals surface area (Å²) < 4.78 is 41.7. The number of hydrogen-bond donors (Lipinski definition) is 1. The van der Waals surface area contributed by atoms with Crippen LogP contribution in [0.25, 0.3) is 0 Å². The summed E-state index contributed by atoms with van der Waals surface area (Å²) in [5, 5.41) is 2.73. The molecular weight excluding hydrogens is 397 g/mol. The third kappa shape index (κ3) is 6.62. The topological polar surface area (TPSA) is 57.7 Å². The van der Waals surface area contributed by atoms with Crippen molar-refractivity contribution in [3.8, 4) is 5.88 Å². The normalized spacial score (nSPS) is 15.1. The Balaban J connectivity index is 1.39. The van der Waals surface area contributed by atoms with E-state index in [9.17, 15) is 18.0 Å². The van der Waals surface area contributed by atoms with E-state index in [4.69, 9.17) is 0 Å². The quantitative estimate of drug-likeness (QED) is 0.663. The number of pyridine rings is 1. The van der Waals surface area contributed by atoms with Crippen LogP contribution in [-0.4, -0.2) is 67.8 Å². The van der Waals surface area contributed by atoms with E-state index in [-0.39, 0.29) is 11.4 Å². The van der Waals surface area contributed by atoms with Gasteiger partial charge >= 0.3 is 6.18 Å². The van der Waals surface area contributed by atoms with Crippen molar-refractivity contribution >= 4 is 11.6 Å². The second kappa shape index (κ2) is 10.3. The number of anilines is 1. The van der Waals surface area contributed by atoms with Gasteiger partial charge in [-0.2, -0.15) is 13.2 Å². The summed E-state index contributed by atoms with van der Waals surface area (Å²) >= 11 is 0. The van der Waals surface area contributed by atoms with Gasteiger partial charge in [-0.25, -0.2) is 4.98 Å². The van der Waals surface area contributed by atoms with Crippen molar-refractivity contribution in [3.63, 3.8) is 0 Å². The van der Waals surface area contributed by atoms with Gasteiger partial charge in [-0.3, -0.25) is 9.69 Å². The zero-order valence-corrected chi connectivity index (χ0v) is 16.6. The summed E-state index contributed by atoms with van der Waals surface area (Å²) in [6, 6.07) is 13.2. The van der Waals surface area contributed by atoms with Gasteiger partial charge in [0.1, 0.15) is 5.56 Å². The lowest BCUT2D eigenvalue weighted by Gasteiger charge is -2.36. The van der Waals surface area contributed by atoms with E-state index in [0.29, 0.717) is 6.54 Å². The fourth-order valence-electron chi connectivity index (χ4n) is 3.30. The smallest absolute Gasteiger partial charge is 0.422 e. The molecule has 1 saturated heterocycles. The number of aromatic nitrogens is 1. The Morgan fingerprint density at radius 2 is 1.80 bits per heavy atom. The molecule has 6 nitrogen and oxygen atoms in total. The summed E-state index contributed by atoms with van der Waals surface area (Å²) in [4.78, 5) is 20.7. The number of carbonyl (C=O) groups is 1. The predicted molar refractivity (Wildman–Crippen MR) is 108 cm³/mol. The summed E-state index contributed by atoms with van der Waals surface area (Å²) in [5.41, 5.74) is 1.22. The lowest BCUT2D eigenvalue weighted by atomic mass is 10.2. The first-order chi connectivity index (χ1) is 14.4. The van der Waals surface area contributed by atoms with Crippen LogP contribution in [0.15, 0.2) is 48.7 Å². The Bertz CT molecular complexity index is 809. The number of piperazine rings is 1. The number of ether oxygens (including phenoxy) is 1. The van der Waals surface area contributed by atoms with E-state index < -0.39 is 18.7 Å². The lowest BCUT2D eigenvalue weighted by molar-refractivity contribution is -0.154. The largest absolute Gasteiger partial charge is 0.467 e. The van der Waals surface area contributed by atoms with E-state index >= 15 is 0 Å². The maximum absolute atomic E-state index is 12.4. The highest BCUT2D eigenvalue weighted by molar-refractivity contribution is 5.96. The molecule has 0 atom stereocenters. The van der Waals surface area contributed by atoms with Gasteiger partial charge in [0.2, 0.25) is 5.88 Å². The van der Waals surface area contributed by atoms with Gasteiger partial charge in [0.15, 0.2) is 6.61 Å². The van der Waals surface area contributed by atoms with E-state index in [1.54, 1.807) is 0 Å². The van der Waals surface area contributed by atoms with Crippen molar-refractivity contribution in [2.75, 3.05) is 50.8 Å². The number of benzene rings is 1. The van der Waals surface area contributed by atoms with Crippen molar-refractivity contribution in [3.05, 3.63) is 54.2 Å². The number of carbonyl (C=O) groups excluding carboxylic acids is 1. The Morgan fingerprint density at radius 3 is 2.50 bits per heavy atom. The zero-order valence-electron chi connectivity index (χ0n) is 16.6. The average molecular weight is 422 g/mol. The second-order valence-corrected chi connectivity index (χ2v) is 7.03. The summed E-state index contributed by atoms with van der Waals surface area (Å²) in [6.07, 6.45) is -2.45. The fraction of sp³-hybridized carbons (Fsp3) is 0.429. The van der Waals surface area contributed by atoms with Crippen LogP contribution in [0.4, 0.5) is 18.9 Å². The van der Waals surface area contributed by atoms with Gasteiger partial charge < -0.3 is 15.0 Å². The summed E-state index contributed by atoms with van der Waals surface area (Å²) in [5.74, 6) is -0.807. The van der Waals surface area contributed by atoms with Gasteiger partial charge in [0.25, 0.3) is 5.91 Å². The highest BCUT2D eigenvalue weighted by atomic mass is 19.4. The van der Waals surface area contributed by atoms with Crippen LogP contribution in [0.3, 0.4) is 0 Å². The molecule has 0 radical (unpaired) electrons. The van der Waals surface area contributed by atoms with E-state index in [1.807, 2.05) is 18.2 Å². The first kappa shape index (κ1) is 21.9. The van der Waals surface area contributed by atoms with Crippen LogP contribution in [0.5, 0.6) is 5.88 Å². The minimum absolute atomic E-state index is 0.00164. The van der Waals surface area contributed by atoms with Gasteiger partial charge in [-0.05, 0) is 37.2 Å². The average Bonchev–Trinajstić information content (AvgIpc) is 2.76. The SMILES string of the molecule is O=C(NCCCN1CCN(c2ccccc2)CC1)c1cccnc1OCC(F)(F)F. The highest BCUT2D eigenvalue weighted by Gasteiger charge is 2.29. The molecule has 162 valence electrons. The third-order valence-electron chi connectivity index (χ3n) is 4.82. The molecule has 3 rings (SSSR count). The summed E-state index contributed by atoms with van der Waals surface area (Å²) in [7, 11) is 0. The number of nitrogens with one attached hydrogen (secondary N) is 1. The fourth-order valence-corrected chi connectivity index (χ4v) is 3.30. The Hall–Kier alpha value is -2.81. The minimum Gasteiger partial charge on any atom is -0.467 e. The van der Waals surface area contributed by atoms with Crippen LogP contribution in [0.2, 0.25) is 0 Å². The Kier molecular flexibility index (Phi) is 7.51. The number of rotatable bonds is 8. The van der Waals surface area contributed by atoms with Gasteiger partial charge in [-0.1, -0.05) is 18.2 Å². The van der Waals surface area contributed by atoms with Crippen LogP contribution >= 0.6 is 0 Å². The molecule has 1 amide bonds. The molecule has 1 aliphatic rings. The zero-order chi connectivity index (χ0) is 21.4. The molecule has 1 aromatic carbocycles. The number of nitrogens with zero attached hydrogens (tertiary/aromatic N) is 3. The molecular formula is C21H25F3N4O2. The number of halogens is 3. The molecule has 9 heteroatoms. The van der Waals surface area contributed by atoms with Gasteiger partial charge in [0.05, 0.1) is 0 Å². The molecule has 0 unspecified atom stereocenters. The Morgan fingerprint density at radius 1 is 1.07 bits per heavy atom. The van der Waals surface area contributed by atoms with E-state index in [1.165, 1.54) is 24.0 Å². The molecule has 1 fully saturated rings. The third-order valence-corrected chi connectivity index (χ3v) is 4.82. The van der Waals surface area contributed by atoms with Crippen molar-refractivity contribution in [1.29, 1.82) is 0 Å². The molecule has 30 heavy (non-hydrogen) atoms. The maximum atomic E-state index is 12.4. The number of para-hydroxylation sites is 1. The first-order valence-corrected chi connectivity index (χ1v) is 9.87. The van der Waals surface area contributed by atoms with Crippen molar-refractivity contribution in [2.24, 2.45) is 0 Å². The second-order valence-electron chi connectivity index (χ2n) is 7.03. The predicted octanol–water partition coefficient (Wildman–Crippen LogP) is 2.96. The van der Waals surface area contributed by atoms with Crippen LogP contribution in [-0.2, 0) is 0 Å². The molecule has 1 aliphatic heterocycles. The number of amides is 1. The molecule has 1 N–H and O–H groups in total. The van der Waals surface area contributed by atoms with Gasteiger partial charge in [-0.15, -0.1) is 0 Å². The first-order valence-electron chi connectivity index (χ1n) is 9.87. The maximum Gasteiger partial charge on any atom is 0.422 e. The molecule has 2 aromatic rings. The molecule has 0 saturated carbocycles. The molecule has 1 aromatic heterocycles. The molecule has 0 bridgehead atoms. The van der Waals surface area contributed by atoms with E-state index in [2.05, 4.69) is 37.0 Å². The molecule has 0 spiro atoms. The van der Waals surface area contributed by atoms with Crippen LogP contribution in [0, 0.1) is 0 Å². The summed E-state index contributed by atoms with van der Waals surface area (Å²) in [6.45, 7) is 3.57. The standard InChI is InChI=1S/C21H25F3N4O2/c22-21(23,24)16-30-20-18(8-4-9-26-20)19(29)25-10-5-11-27-12-14-28(15-13-27)17-6-2-1-3-7-17/h1-4,6-9H,5,10-16H2,(H,25,29). The molecule has 0 aliphatic carbocycles. The Labute approximate surface area is 173 Å². The van der Waals surface area contributed by atoms with Crippen molar-refractivity contribution in [1.82, 2.24) is 15.2 Å². The van der Waals surface area contributed by atoms with Crippen molar-refractivity contribution in [2.45, 2.75) is 12.6 Å². The lowest BCUT2D eigenvalue weighted by Crippen LogP contribution is -2.47. The monoisotopic (exact) mass is 422 g/mol. The van der Waals surface area contributed by atoms with Gasteiger partial charge in [0, 0.05) is 44.6 Å². The highest BCUT2D eigenvalue weighted by Crippen LogP contribution is 2.20. The minimum atomic E-state index is -4.49. The number of hydrogen-bond acceptors (Lipinski definition) is 5. The van der Waals surface area contributed by atoms with Crippen LogP contribution in [0.1, 0.15) is 16.8 Å². The molecule has 2 heterocycles. The van der Waals surface area contributed by atoms with Crippen LogP contribution < -0.4 is 15.0 Å². The van der Waals surface area contributed by atoms with E-state index in [0.717, 1.165) is 39.1 Å².